The van der Waals surface area contributed by atoms with Crippen molar-refractivity contribution in [3.8, 4) is 0 Å². The molecule has 2 heterocycles. The summed E-state index contributed by atoms with van der Waals surface area (Å²) in [5.41, 5.74) is 3.81. The van der Waals surface area contributed by atoms with Crippen molar-refractivity contribution < 1.29 is 4.79 Å². The Bertz CT molecular complexity index is 514. The standard InChI is InChI=1S/C11H13N3OS/c1-6-4-8(7(2)14(6)3)5-9-10(15)13-11(16)12-9/h4-5H,1-3H3,(H2,12,13,15,16)/b9-5+. The van der Waals surface area contributed by atoms with Crippen molar-refractivity contribution >= 4 is 29.3 Å². The highest BCUT2D eigenvalue weighted by Crippen LogP contribution is 2.16. The summed E-state index contributed by atoms with van der Waals surface area (Å²) in [6.45, 7) is 4.05. The van der Waals surface area contributed by atoms with E-state index in [0.29, 0.717) is 10.8 Å². The molecule has 0 spiro atoms. The molecule has 0 aliphatic carbocycles. The third kappa shape index (κ3) is 1.74. The Morgan fingerprint density at radius 1 is 1.38 bits per heavy atom. The van der Waals surface area contributed by atoms with Crippen molar-refractivity contribution in [3.63, 3.8) is 0 Å². The van der Waals surface area contributed by atoms with Crippen LogP contribution in [0.4, 0.5) is 0 Å². The van der Waals surface area contributed by atoms with Crippen LogP contribution in [0.1, 0.15) is 17.0 Å². The molecule has 0 aromatic carbocycles. The third-order valence-electron chi connectivity index (χ3n) is 2.83. The molecule has 0 radical (unpaired) electrons. The number of hydrogen-bond donors (Lipinski definition) is 2. The minimum absolute atomic E-state index is 0.175. The first-order valence-electron chi connectivity index (χ1n) is 4.96. The molecule has 1 aromatic rings. The van der Waals surface area contributed by atoms with Crippen LogP contribution in [-0.4, -0.2) is 15.6 Å². The molecule has 4 nitrogen and oxygen atoms in total. The molecule has 5 heteroatoms. The Morgan fingerprint density at radius 2 is 2.06 bits per heavy atom. The lowest BCUT2D eigenvalue weighted by molar-refractivity contribution is -0.115. The van der Waals surface area contributed by atoms with E-state index in [4.69, 9.17) is 12.2 Å². The van der Waals surface area contributed by atoms with E-state index in [-0.39, 0.29) is 5.91 Å². The maximum Gasteiger partial charge on any atom is 0.273 e. The second-order valence-electron chi connectivity index (χ2n) is 3.85. The molecule has 0 saturated carbocycles. The molecule has 16 heavy (non-hydrogen) atoms. The minimum Gasteiger partial charge on any atom is -0.352 e. The molecule has 1 aliphatic rings. The zero-order chi connectivity index (χ0) is 11.9. The summed E-state index contributed by atoms with van der Waals surface area (Å²) in [6.07, 6.45) is 1.82. The predicted molar refractivity (Wildman–Crippen MR) is 66.7 cm³/mol. The van der Waals surface area contributed by atoms with Crippen LogP contribution in [0.3, 0.4) is 0 Å². The zero-order valence-electron chi connectivity index (χ0n) is 9.42. The molecular formula is C11H13N3OS. The fourth-order valence-electron chi connectivity index (χ4n) is 1.67. The van der Waals surface area contributed by atoms with Gasteiger partial charge in [0.15, 0.2) is 5.11 Å². The quantitative estimate of drug-likeness (QED) is 0.563. The summed E-state index contributed by atoms with van der Waals surface area (Å²) in [6, 6.07) is 2.04. The lowest BCUT2D eigenvalue weighted by atomic mass is 10.2. The molecule has 2 rings (SSSR count). The van der Waals surface area contributed by atoms with Crippen LogP contribution in [0.5, 0.6) is 0 Å². The summed E-state index contributed by atoms with van der Waals surface area (Å²) in [4.78, 5) is 11.5. The van der Waals surface area contributed by atoms with Gasteiger partial charge in [-0.05, 0) is 43.8 Å². The van der Waals surface area contributed by atoms with Crippen molar-refractivity contribution in [1.29, 1.82) is 0 Å². The first kappa shape index (κ1) is 10.9. The first-order valence-corrected chi connectivity index (χ1v) is 5.37. The number of nitrogens with one attached hydrogen (secondary N) is 2. The third-order valence-corrected chi connectivity index (χ3v) is 3.04. The fraction of sp³-hybridized carbons (Fsp3) is 0.273. The average molecular weight is 235 g/mol. The number of thiocarbonyl (C=S) groups is 1. The van der Waals surface area contributed by atoms with Crippen molar-refractivity contribution in [3.05, 3.63) is 28.7 Å². The second kappa shape index (κ2) is 3.75. The van der Waals surface area contributed by atoms with Crippen LogP contribution in [0.15, 0.2) is 11.8 Å². The van der Waals surface area contributed by atoms with E-state index in [0.717, 1.165) is 17.0 Å². The van der Waals surface area contributed by atoms with Crippen molar-refractivity contribution in [2.75, 3.05) is 0 Å². The SMILES string of the molecule is Cc1cc(/C=C2/NC(=S)NC2=O)c(C)n1C. The Kier molecular flexibility index (Phi) is 2.55. The number of rotatable bonds is 1. The second-order valence-corrected chi connectivity index (χ2v) is 4.26. The normalized spacial score (nSPS) is 17.8. The van der Waals surface area contributed by atoms with Crippen LogP contribution in [0, 0.1) is 13.8 Å². The van der Waals surface area contributed by atoms with E-state index in [1.807, 2.05) is 33.0 Å². The highest BCUT2D eigenvalue weighted by molar-refractivity contribution is 7.80. The van der Waals surface area contributed by atoms with Gasteiger partial charge in [-0.25, -0.2) is 0 Å². The van der Waals surface area contributed by atoms with Crippen LogP contribution in [0.2, 0.25) is 0 Å². The Labute approximate surface area is 99.3 Å². The van der Waals surface area contributed by atoms with Gasteiger partial charge in [-0.2, -0.15) is 0 Å². The molecule has 0 unspecified atom stereocenters. The topological polar surface area (TPSA) is 46.1 Å². The van der Waals surface area contributed by atoms with Gasteiger partial charge in [-0.3, -0.25) is 10.1 Å². The van der Waals surface area contributed by atoms with Gasteiger partial charge < -0.3 is 9.88 Å². The number of aryl methyl sites for hydroxylation is 1. The van der Waals surface area contributed by atoms with E-state index in [9.17, 15) is 4.79 Å². The number of carbonyl (C=O) groups excluding carboxylic acids is 1. The Balaban J connectivity index is 2.40. The van der Waals surface area contributed by atoms with Crippen LogP contribution >= 0.6 is 12.2 Å². The van der Waals surface area contributed by atoms with Gasteiger partial charge in [-0.15, -0.1) is 0 Å². The highest BCUT2D eigenvalue weighted by atomic mass is 32.1. The number of amides is 1. The molecule has 0 atom stereocenters. The molecule has 0 bridgehead atoms. The Morgan fingerprint density at radius 3 is 2.50 bits per heavy atom. The summed E-state index contributed by atoms with van der Waals surface area (Å²) in [7, 11) is 2.00. The number of hydrogen-bond acceptors (Lipinski definition) is 2. The van der Waals surface area contributed by atoms with Crippen LogP contribution in [-0.2, 0) is 11.8 Å². The molecule has 1 fully saturated rings. The van der Waals surface area contributed by atoms with Gasteiger partial charge in [-0.1, -0.05) is 0 Å². The fourth-order valence-corrected chi connectivity index (χ4v) is 1.87. The smallest absolute Gasteiger partial charge is 0.273 e. The predicted octanol–water partition coefficient (Wildman–Crippen LogP) is 0.987. The van der Waals surface area contributed by atoms with Gasteiger partial charge in [0.2, 0.25) is 0 Å². The average Bonchev–Trinajstić information content (AvgIpc) is 2.64. The Hall–Kier alpha value is -1.62. The summed E-state index contributed by atoms with van der Waals surface area (Å²) in [5, 5.41) is 5.73. The van der Waals surface area contributed by atoms with Crippen molar-refractivity contribution in [2.45, 2.75) is 13.8 Å². The van der Waals surface area contributed by atoms with E-state index < -0.39 is 0 Å². The monoisotopic (exact) mass is 235 g/mol. The molecule has 2 N–H and O–H groups in total. The van der Waals surface area contributed by atoms with Crippen molar-refractivity contribution in [2.24, 2.45) is 7.05 Å². The van der Waals surface area contributed by atoms with Crippen LogP contribution in [0.25, 0.3) is 6.08 Å². The highest BCUT2D eigenvalue weighted by Gasteiger charge is 2.20. The van der Waals surface area contributed by atoms with Gasteiger partial charge in [0.25, 0.3) is 5.91 Å². The molecule has 1 aliphatic heterocycles. The summed E-state index contributed by atoms with van der Waals surface area (Å²) >= 11 is 4.86. The minimum atomic E-state index is -0.175. The zero-order valence-corrected chi connectivity index (χ0v) is 10.2. The lowest BCUT2D eigenvalue weighted by Crippen LogP contribution is -2.21. The largest absolute Gasteiger partial charge is 0.352 e. The van der Waals surface area contributed by atoms with Gasteiger partial charge >= 0.3 is 0 Å². The molecular weight excluding hydrogens is 222 g/mol. The maximum atomic E-state index is 11.5. The van der Waals surface area contributed by atoms with E-state index in [2.05, 4.69) is 15.2 Å². The van der Waals surface area contributed by atoms with E-state index in [1.165, 1.54) is 0 Å². The maximum absolute atomic E-state index is 11.5. The van der Waals surface area contributed by atoms with Gasteiger partial charge in [0.05, 0.1) is 0 Å². The molecule has 1 aromatic heterocycles. The molecule has 1 saturated heterocycles. The first-order chi connectivity index (χ1) is 7.49. The number of aromatic nitrogens is 1. The molecule has 84 valence electrons. The van der Waals surface area contributed by atoms with E-state index in [1.54, 1.807) is 0 Å². The summed E-state index contributed by atoms with van der Waals surface area (Å²) < 4.78 is 2.08. The van der Waals surface area contributed by atoms with E-state index >= 15 is 0 Å². The van der Waals surface area contributed by atoms with Gasteiger partial charge in [0.1, 0.15) is 5.70 Å². The molecule has 1 amide bonds. The number of carbonyl (C=O) groups is 1. The summed E-state index contributed by atoms with van der Waals surface area (Å²) in [5.74, 6) is -0.175. The number of nitrogens with zero attached hydrogens (tertiary/aromatic N) is 1. The lowest BCUT2D eigenvalue weighted by Gasteiger charge is -1.99. The van der Waals surface area contributed by atoms with Gasteiger partial charge in [0, 0.05) is 18.4 Å². The van der Waals surface area contributed by atoms with Crippen LogP contribution < -0.4 is 10.6 Å². The van der Waals surface area contributed by atoms with Crippen molar-refractivity contribution in [1.82, 2.24) is 15.2 Å².